The van der Waals surface area contributed by atoms with Crippen molar-refractivity contribution >= 4 is 23.4 Å². The fourth-order valence-corrected chi connectivity index (χ4v) is 2.00. The number of amidine groups is 1. The van der Waals surface area contributed by atoms with Gasteiger partial charge in [-0.05, 0) is 24.3 Å². The number of carbonyl (C=O) groups is 3. The molecule has 5 N–H and O–H groups in total. The van der Waals surface area contributed by atoms with Gasteiger partial charge in [0.1, 0.15) is 11.6 Å². The van der Waals surface area contributed by atoms with Gasteiger partial charge in [-0.15, -0.1) is 0 Å². The van der Waals surface area contributed by atoms with Crippen molar-refractivity contribution in [3.63, 3.8) is 0 Å². The number of benzene rings is 2. The number of carboxylic acid groups (broad SMARTS) is 1. The predicted octanol–water partition coefficient (Wildman–Crippen LogP) is 2.61. The van der Waals surface area contributed by atoms with Gasteiger partial charge in [-0.2, -0.15) is 0 Å². The zero-order chi connectivity index (χ0) is 19.7. The molecule has 0 aliphatic carbocycles. The number of nitrogens with one attached hydrogen (secondary N) is 1. The summed E-state index contributed by atoms with van der Waals surface area (Å²) in [6, 6.07) is 12.4. The molecule has 2 aromatic rings. The highest BCUT2D eigenvalue weighted by molar-refractivity contribution is 6.03. The fourth-order valence-electron chi connectivity index (χ4n) is 2.00. The molecule has 0 saturated heterocycles. The Hall–Kier alpha value is -3.48. The third kappa shape index (κ3) is 6.96. The number of phenolic OH excluding ortho intramolecular Hbond substituents is 1. The third-order valence-electron chi connectivity index (χ3n) is 3.29. The zero-order valence-electron chi connectivity index (χ0n) is 14.2. The Morgan fingerprint density at radius 1 is 0.846 bits per heavy atom. The van der Waals surface area contributed by atoms with E-state index in [1.165, 1.54) is 24.3 Å². The number of hydrogen-bond acceptors (Lipinski definition) is 5. The molecule has 0 aliphatic heterocycles. The molecule has 0 bridgehead atoms. The first-order chi connectivity index (χ1) is 12.2. The Kier molecular flexibility index (Phi) is 7.69. The number of aliphatic carboxylic acids is 1. The number of rotatable bonds is 6. The number of nitrogen functional groups attached to an aromatic ring is 1. The maximum atomic E-state index is 12.0. The molecule has 0 spiro atoms. The van der Waals surface area contributed by atoms with E-state index in [0.29, 0.717) is 16.7 Å². The third-order valence-corrected chi connectivity index (χ3v) is 3.29. The van der Waals surface area contributed by atoms with Crippen LogP contribution in [0.15, 0.2) is 48.5 Å². The van der Waals surface area contributed by atoms with Gasteiger partial charge in [0, 0.05) is 36.5 Å². The average molecular weight is 356 g/mol. The fraction of sp³-hybridized carbons (Fsp3) is 0.158. The lowest BCUT2D eigenvalue weighted by atomic mass is 10.0. The second-order valence-electron chi connectivity index (χ2n) is 5.40. The van der Waals surface area contributed by atoms with Crippen molar-refractivity contribution in [2.75, 3.05) is 0 Å². The van der Waals surface area contributed by atoms with Crippen LogP contribution in [0.5, 0.6) is 5.75 Å². The Bertz CT molecular complexity index is 792. The molecule has 0 amide bonds. The van der Waals surface area contributed by atoms with Crippen LogP contribution in [-0.2, 0) is 4.79 Å². The van der Waals surface area contributed by atoms with Crippen molar-refractivity contribution in [2.45, 2.75) is 19.8 Å². The smallest absolute Gasteiger partial charge is 0.300 e. The van der Waals surface area contributed by atoms with E-state index in [1.807, 2.05) is 0 Å². The lowest BCUT2D eigenvalue weighted by Crippen LogP contribution is -2.11. The average Bonchev–Trinajstić information content (AvgIpc) is 2.59. The predicted molar refractivity (Wildman–Crippen MR) is 96.8 cm³/mol. The van der Waals surface area contributed by atoms with Crippen molar-refractivity contribution in [2.24, 2.45) is 5.73 Å². The molecule has 0 unspecified atom stereocenters. The number of Topliss-reactive ketones (excluding diaryl/α,β-unsaturated/α-hetero) is 2. The van der Waals surface area contributed by atoms with E-state index in [-0.39, 0.29) is 36.0 Å². The topological polar surface area (TPSA) is 142 Å². The lowest BCUT2D eigenvalue weighted by Gasteiger charge is -2.03. The van der Waals surface area contributed by atoms with Crippen molar-refractivity contribution < 1.29 is 24.6 Å². The van der Waals surface area contributed by atoms with E-state index in [2.05, 4.69) is 0 Å². The number of carbonyl (C=O) groups excluding carboxylic acids is 2. The zero-order valence-corrected chi connectivity index (χ0v) is 14.2. The summed E-state index contributed by atoms with van der Waals surface area (Å²) >= 11 is 0. The normalized spacial score (nSPS) is 9.58. The van der Waals surface area contributed by atoms with Crippen LogP contribution >= 0.6 is 0 Å². The summed E-state index contributed by atoms with van der Waals surface area (Å²) < 4.78 is 0. The molecular weight excluding hydrogens is 336 g/mol. The summed E-state index contributed by atoms with van der Waals surface area (Å²) in [6.07, 6.45) is 0.219. The van der Waals surface area contributed by atoms with Gasteiger partial charge in [0.15, 0.2) is 11.6 Å². The minimum Gasteiger partial charge on any atom is -0.508 e. The van der Waals surface area contributed by atoms with Crippen LogP contribution in [0, 0.1) is 5.41 Å². The molecule has 0 saturated carbocycles. The molecule has 0 radical (unpaired) electrons. The van der Waals surface area contributed by atoms with Crippen LogP contribution in [0.3, 0.4) is 0 Å². The van der Waals surface area contributed by atoms with Gasteiger partial charge >= 0.3 is 0 Å². The quantitative estimate of drug-likeness (QED) is 0.356. The highest BCUT2D eigenvalue weighted by atomic mass is 16.4. The van der Waals surface area contributed by atoms with Crippen LogP contribution in [-0.4, -0.2) is 33.6 Å². The first-order valence-corrected chi connectivity index (χ1v) is 7.70. The Morgan fingerprint density at radius 2 is 1.15 bits per heavy atom. The number of carboxylic acids is 1. The van der Waals surface area contributed by atoms with E-state index in [9.17, 15) is 14.7 Å². The highest BCUT2D eigenvalue weighted by Gasteiger charge is 2.11. The Morgan fingerprint density at radius 3 is 1.50 bits per heavy atom. The Balaban J connectivity index is 0.000000765. The van der Waals surface area contributed by atoms with Crippen LogP contribution in [0.4, 0.5) is 0 Å². The molecule has 2 rings (SSSR count). The first kappa shape index (κ1) is 20.6. The highest BCUT2D eigenvalue weighted by Crippen LogP contribution is 2.14. The molecule has 136 valence electrons. The maximum Gasteiger partial charge on any atom is 0.300 e. The molecule has 0 fully saturated rings. The van der Waals surface area contributed by atoms with E-state index in [4.69, 9.17) is 21.0 Å². The minimum absolute atomic E-state index is 0.0542. The number of nitrogens with two attached hydrogens (primary N) is 1. The van der Waals surface area contributed by atoms with Crippen LogP contribution in [0.25, 0.3) is 0 Å². The van der Waals surface area contributed by atoms with E-state index in [1.54, 1.807) is 24.3 Å². The van der Waals surface area contributed by atoms with E-state index in [0.717, 1.165) is 6.92 Å². The second kappa shape index (κ2) is 9.73. The standard InChI is InChI=1S/C17H16N2O3.C2H4O2/c18-17(19)13-3-1-11(2-4-13)15(21)9-10-16(22)12-5-7-14(20)8-6-12;1-2(3)4/h1-8,20H,9-10H2,(H3,18,19);1H3,(H,3,4). The van der Waals surface area contributed by atoms with Crippen LogP contribution in [0.2, 0.25) is 0 Å². The van der Waals surface area contributed by atoms with Gasteiger partial charge in [-0.1, -0.05) is 24.3 Å². The van der Waals surface area contributed by atoms with E-state index >= 15 is 0 Å². The van der Waals surface area contributed by atoms with Crippen molar-refractivity contribution in [1.82, 2.24) is 0 Å². The van der Waals surface area contributed by atoms with Crippen molar-refractivity contribution in [3.8, 4) is 5.75 Å². The summed E-state index contributed by atoms with van der Waals surface area (Å²) in [5.41, 5.74) is 6.86. The lowest BCUT2D eigenvalue weighted by molar-refractivity contribution is -0.134. The van der Waals surface area contributed by atoms with Gasteiger partial charge in [0.25, 0.3) is 5.97 Å². The minimum atomic E-state index is -0.833. The second-order valence-corrected chi connectivity index (χ2v) is 5.40. The summed E-state index contributed by atoms with van der Waals surface area (Å²) in [7, 11) is 0. The van der Waals surface area contributed by atoms with Crippen molar-refractivity contribution in [1.29, 1.82) is 5.41 Å². The summed E-state index contributed by atoms with van der Waals surface area (Å²) in [5, 5.41) is 23.9. The molecular formula is C19H20N2O5. The molecule has 0 heterocycles. The van der Waals surface area contributed by atoms with Gasteiger partial charge in [-0.25, -0.2) is 0 Å². The molecule has 7 nitrogen and oxygen atoms in total. The van der Waals surface area contributed by atoms with E-state index < -0.39 is 5.97 Å². The number of phenols is 1. The number of hydrogen-bond donors (Lipinski definition) is 4. The van der Waals surface area contributed by atoms with Crippen LogP contribution in [0.1, 0.15) is 46.0 Å². The summed E-state index contributed by atoms with van der Waals surface area (Å²) in [5.74, 6) is -1.07. The van der Waals surface area contributed by atoms with Gasteiger partial charge in [0.2, 0.25) is 0 Å². The number of ketones is 2. The molecule has 2 aromatic carbocycles. The molecule has 0 atom stereocenters. The largest absolute Gasteiger partial charge is 0.508 e. The molecule has 7 heteroatoms. The monoisotopic (exact) mass is 356 g/mol. The van der Waals surface area contributed by atoms with Gasteiger partial charge in [-0.3, -0.25) is 19.8 Å². The van der Waals surface area contributed by atoms with Crippen molar-refractivity contribution in [3.05, 3.63) is 65.2 Å². The molecule has 0 aromatic heterocycles. The summed E-state index contributed by atoms with van der Waals surface area (Å²) in [4.78, 5) is 33.0. The van der Waals surface area contributed by atoms with Gasteiger partial charge in [0.05, 0.1) is 0 Å². The number of aromatic hydroxyl groups is 1. The SMILES string of the molecule is CC(=O)O.N=C(N)c1ccc(C(=O)CCC(=O)c2ccc(O)cc2)cc1. The van der Waals surface area contributed by atoms with Gasteiger partial charge < -0.3 is 15.9 Å². The summed E-state index contributed by atoms with van der Waals surface area (Å²) in [6.45, 7) is 1.08. The molecule has 0 aliphatic rings. The molecule has 26 heavy (non-hydrogen) atoms. The first-order valence-electron chi connectivity index (χ1n) is 7.70. The Labute approximate surface area is 150 Å². The van der Waals surface area contributed by atoms with Crippen LogP contribution < -0.4 is 5.73 Å². The maximum absolute atomic E-state index is 12.0.